The number of benzene rings is 1. The Morgan fingerprint density at radius 2 is 2.13 bits per heavy atom. The van der Waals surface area contributed by atoms with E-state index in [-0.39, 0.29) is 31.5 Å². The minimum absolute atomic E-state index is 0.178. The molecule has 2 fully saturated rings. The Morgan fingerprint density at radius 3 is 2.83 bits per heavy atom. The standard InChI is InChI=1S/C21H24F4N4O/c1-12-16(22)9-18(15-4-2-7-27-19(12)15)29-10-13(21(23,24)25)8-14(11-29)28-20(30)17-5-3-6-26-17/h2,4,7,9,13-14,17,26H,3,5-6,8,10-11H2,1H3,(H,28,30)/t13-,14+,17?/m0/s1. The van der Waals surface area contributed by atoms with Gasteiger partial charge in [0.05, 0.1) is 17.5 Å². The number of halogens is 4. The number of amides is 1. The zero-order valence-corrected chi connectivity index (χ0v) is 16.6. The topological polar surface area (TPSA) is 57.3 Å². The maximum atomic E-state index is 14.5. The fourth-order valence-corrected chi connectivity index (χ4v) is 4.44. The van der Waals surface area contributed by atoms with E-state index in [0.717, 1.165) is 13.0 Å². The second-order valence-corrected chi connectivity index (χ2v) is 8.14. The van der Waals surface area contributed by atoms with Gasteiger partial charge in [0, 0.05) is 42.0 Å². The van der Waals surface area contributed by atoms with E-state index in [1.807, 2.05) is 0 Å². The van der Waals surface area contributed by atoms with Gasteiger partial charge in [0.2, 0.25) is 5.91 Å². The number of rotatable bonds is 3. The Balaban J connectivity index is 1.66. The first-order chi connectivity index (χ1) is 14.2. The molecule has 9 heteroatoms. The van der Waals surface area contributed by atoms with Crippen molar-refractivity contribution in [1.29, 1.82) is 0 Å². The molecule has 1 aromatic carbocycles. The summed E-state index contributed by atoms with van der Waals surface area (Å²) in [5.41, 5.74) is 1.15. The molecule has 1 unspecified atom stereocenters. The van der Waals surface area contributed by atoms with Gasteiger partial charge in [0.15, 0.2) is 0 Å². The van der Waals surface area contributed by atoms with E-state index in [4.69, 9.17) is 0 Å². The normalized spacial score (nSPS) is 25.0. The van der Waals surface area contributed by atoms with Crippen molar-refractivity contribution in [2.75, 3.05) is 24.5 Å². The van der Waals surface area contributed by atoms with Gasteiger partial charge >= 0.3 is 6.18 Å². The zero-order chi connectivity index (χ0) is 21.5. The molecule has 0 spiro atoms. The van der Waals surface area contributed by atoms with Gasteiger partial charge in [0.1, 0.15) is 5.82 Å². The summed E-state index contributed by atoms with van der Waals surface area (Å²) in [7, 11) is 0. The number of fused-ring (bicyclic) bond motifs is 1. The summed E-state index contributed by atoms with van der Waals surface area (Å²) in [6, 6.07) is 3.63. The van der Waals surface area contributed by atoms with E-state index in [0.29, 0.717) is 28.6 Å². The minimum atomic E-state index is -4.41. The van der Waals surface area contributed by atoms with Crippen LogP contribution >= 0.6 is 0 Å². The molecule has 5 nitrogen and oxygen atoms in total. The van der Waals surface area contributed by atoms with Crippen molar-refractivity contribution in [3.8, 4) is 0 Å². The molecule has 3 atom stereocenters. The van der Waals surface area contributed by atoms with E-state index in [1.165, 1.54) is 17.2 Å². The molecule has 2 aliphatic heterocycles. The second-order valence-electron chi connectivity index (χ2n) is 8.14. The van der Waals surface area contributed by atoms with Crippen molar-refractivity contribution in [3.05, 3.63) is 35.8 Å². The quantitative estimate of drug-likeness (QED) is 0.743. The number of aromatic nitrogens is 1. The first kappa shape index (κ1) is 20.8. The number of hydrogen-bond acceptors (Lipinski definition) is 4. The average Bonchev–Trinajstić information content (AvgIpc) is 3.25. The van der Waals surface area contributed by atoms with Crippen LogP contribution in [0.5, 0.6) is 0 Å². The summed E-state index contributed by atoms with van der Waals surface area (Å²) < 4.78 is 55.5. The Morgan fingerprint density at radius 1 is 1.33 bits per heavy atom. The molecule has 1 amide bonds. The molecule has 2 saturated heterocycles. The molecule has 2 aromatic rings. The fraction of sp³-hybridized carbons (Fsp3) is 0.524. The number of carbonyl (C=O) groups is 1. The number of alkyl halides is 3. The minimum Gasteiger partial charge on any atom is -0.368 e. The number of piperidine rings is 1. The van der Waals surface area contributed by atoms with Crippen molar-refractivity contribution in [2.45, 2.75) is 44.4 Å². The maximum absolute atomic E-state index is 14.5. The molecule has 2 N–H and O–H groups in total. The smallest absolute Gasteiger partial charge is 0.368 e. The molecular formula is C21H24F4N4O. The molecule has 2 aliphatic rings. The van der Waals surface area contributed by atoms with Crippen molar-refractivity contribution >= 4 is 22.5 Å². The van der Waals surface area contributed by atoms with Gasteiger partial charge in [0.25, 0.3) is 0 Å². The molecule has 0 aliphatic carbocycles. The molecule has 162 valence electrons. The highest BCUT2D eigenvalue weighted by atomic mass is 19.4. The molecule has 0 radical (unpaired) electrons. The summed E-state index contributed by atoms with van der Waals surface area (Å²) >= 11 is 0. The lowest BCUT2D eigenvalue weighted by molar-refractivity contribution is -0.178. The second kappa shape index (κ2) is 8.02. The average molecular weight is 424 g/mol. The van der Waals surface area contributed by atoms with Gasteiger partial charge in [-0.1, -0.05) is 0 Å². The molecular weight excluding hydrogens is 400 g/mol. The van der Waals surface area contributed by atoms with E-state index >= 15 is 0 Å². The highest BCUT2D eigenvalue weighted by Crippen LogP contribution is 2.38. The molecule has 30 heavy (non-hydrogen) atoms. The number of anilines is 1. The van der Waals surface area contributed by atoms with Crippen LogP contribution in [0.15, 0.2) is 24.4 Å². The third-order valence-electron chi connectivity index (χ3n) is 6.04. The highest BCUT2D eigenvalue weighted by molar-refractivity contribution is 5.94. The van der Waals surface area contributed by atoms with Crippen LogP contribution in [0.3, 0.4) is 0 Å². The summed E-state index contributed by atoms with van der Waals surface area (Å²) in [5.74, 6) is -2.41. The van der Waals surface area contributed by atoms with E-state index in [2.05, 4.69) is 15.6 Å². The first-order valence-electron chi connectivity index (χ1n) is 10.1. The Hall–Kier alpha value is -2.42. The number of carbonyl (C=O) groups excluding carboxylic acids is 1. The Kier molecular flexibility index (Phi) is 5.57. The number of aryl methyl sites for hydroxylation is 1. The monoisotopic (exact) mass is 424 g/mol. The van der Waals surface area contributed by atoms with Crippen molar-refractivity contribution < 1.29 is 22.4 Å². The Bertz CT molecular complexity index is 942. The molecule has 1 aromatic heterocycles. The first-order valence-corrected chi connectivity index (χ1v) is 10.1. The van der Waals surface area contributed by atoms with Gasteiger partial charge < -0.3 is 15.5 Å². The van der Waals surface area contributed by atoms with Gasteiger partial charge in [-0.2, -0.15) is 13.2 Å². The van der Waals surface area contributed by atoms with Crippen LogP contribution in [0.4, 0.5) is 23.2 Å². The molecule has 0 saturated carbocycles. The van der Waals surface area contributed by atoms with E-state index in [9.17, 15) is 22.4 Å². The predicted octanol–water partition coefficient (Wildman–Crippen LogP) is 3.31. The van der Waals surface area contributed by atoms with Gasteiger partial charge in [-0.05, 0) is 50.9 Å². The fourth-order valence-electron chi connectivity index (χ4n) is 4.44. The molecule has 0 bridgehead atoms. The van der Waals surface area contributed by atoms with Crippen LogP contribution in [0.1, 0.15) is 24.8 Å². The summed E-state index contributed by atoms with van der Waals surface area (Å²) in [5, 5.41) is 6.45. The van der Waals surface area contributed by atoms with E-state index in [1.54, 1.807) is 19.1 Å². The number of nitrogens with zero attached hydrogens (tertiary/aromatic N) is 2. The number of pyridine rings is 1. The molecule has 3 heterocycles. The van der Waals surface area contributed by atoms with Crippen LogP contribution in [0.25, 0.3) is 10.9 Å². The van der Waals surface area contributed by atoms with Gasteiger partial charge in [-0.3, -0.25) is 9.78 Å². The summed E-state index contributed by atoms with van der Waals surface area (Å²) in [6.45, 7) is 2.21. The largest absolute Gasteiger partial charge is 0.393 e. The lowest BCUT2D eigenvalue weighted by atomic mass is 9.92. The van der Waals surface area contributed by atoms with Crippen molar-refractivity contribution in [2.24, 2.45) is 5.92 Å². The highest BCUT2D eigenvalue weighted by Gasteiger charge is 2.45. The van der Waals surface area contributed by atoms with Crippen molar-refractivity contribution in [1.82, 2.24) is 15.6 Å². The number of hydrogen-bond donors (Lipinski definition) is 2. The lowest BCUT2D eigenvalue weighted by Crippen LogP contribution is -2.56. The Labute approximate surface area is 171 Å². The SMILES string of the molecule is Cc1c(F)cc(N2C[C@H](NC(=O)C3CCCN3)C[C@H](C(F)(F)F)C2)c2cccnc12. The third kappa shape index (κ3) is 4.08. The van der Waals surface area contributed by atoms with E-state index < -0.39 is 24.0 Å². The van der Waals surface area contributed by atoms with Crippen LogP contribution in [-0.2, 0) is 4.79 Å². The zero-order valence-electron chi connectivity index (χ0n) is 16.6. The van der Waals surface area contributed by atoms with Crippen molar-refractivity contribution in [3.63, 3.8) is 0 Å². The van der Waals surface area contributed by atoms with Gasteiger partial charge in [-0.25, -0.2) is 4.39 Å². The summed E-state index contributed by atoms with van der Waals surface area (Å²) in [4.78, 5) is 18.2. The van der Waals surface area contributed by atoms with Crippen LogP contribution in [0.2, 0.25) is 0 Å². The van der Waals surface area contributed by atoms with Gasteiger partial charge in [-0.15, -0.1) is 0 Å². The van der Waals surface area contributed by atoms with Crippen LogP contribution < -0.4 is 15.5 Å². The lowest BCUT2D eigenvalue weighted by Gasteiger charge is -2.40. The van der Waals surface area contributed by atoms with Crippen LogP contribution in [-0.4, -0.2) is 48.8 Å². The maximum Gasteiger partial charge on any atom is 0.393 e. The summed E-state index contributed by atoms with van der Waals surface area (Å²) in [6.07, 6.45) is -1.54. The molecule has 4 rings (SSSR count). The predicted molar refractivity (Wildman–Crippen MR) is 106 cm³/mol. The number of nitrogens with one attached hydrogen (secondary N) is 2. The van der Waals surface area contributed by atoms with Crippen LogP contribution in [0, 0.1) is 18.7 Å². The third-order valence-corrected chi connectivity index (χ3v) is 6.04.